The molecule has 1 heterocycles. The second kappa shape index (κ2) is 4.70. The van der Waals surface area contributed by atoms with Crippen molar-refractivity contribution in [2.24, 2.45) is 0 Å². The number of imidazole rings is 1. The summed E-state index contributed by atoms with van der Waals surface area (Å²) >= 11 is 0. The largest absolute Gasteiger partial charge is 0.496 e. The quantitative estimate of drug-likeness (QED) is 0.824. The molecule has 0 saturated carbocycles. The first-order chi connectivity index (χ1) is 7.83. The minimum atomic E-state index is 0.782. The van der Waals surface area contributed by atoms with E-state index < -0.39 is 0 Å². The smallest absolute Gasteiger partial charge is 0.200 e. The number of rotatable bonds is 4. The molecule has 0 radical (unpaired) electrons. The van der Waals surface area contributed by atoms with Gasteiger partial charge in [0.2, 0.25) is 0 Å². The van der Waals surface area contributed by atoms with Crippen LogP contribution in [0.1, 0.15) is 11.3 Å². The second-order valence-electron chi connectivity index (χ2n) is 3.50. The number of ether oxygens (including phenoxy) is 1. The molecule has 2 N–H and O–H groups in total. The average molecular weight is 217 g/mol. The van der Waals surface area contributed by atoms with Crippen LogP contribution in [0.4, 0.5) is 5.95 Å². The van der Waals surface area contributed by atoms with Crippen molar-refractivity contribution in [2.45, 2.75) is 6.42 Å². The molecule has 0 aliphatic rings. The van der Waals surface area contributed by atoms with Gasteiger partial charge in [0, 0.05) is 24.7 Å². The number of anilines is 1. The minimum absolute atomic E-state index is 0.782. The normalized spacial score (nSPS) is 10.1. The van der Waals surface area contributed by atoms with E-state index in [9.17, 15) is 0 Å². The van der Waals surface area contributed by atoms with Gasteiger partial charge < -0.3 is 15.0 Å². The van der Waals surface area contributed by atoms with Crippen LogP contribution in [0.3, 0.4) is 0 Å². The topological polar surface area (TPSA) is 49.9 Å². The summed E-state index contributed by atoms with van der Waals surface area (Å²) in [5.74, 6) is 1.69. The van der Waals surface area contributed by atoms with Crippen LogP contribution in [0.2, 0.25) is 0 Å². The lowest BCUT2D eigenvalue weighted by Gasteiger charge is -2.06. The summed E-state index contributed by atoms with van der Waals surface area (Å²) in [4.78, 5) is 7.36. The summed E-state index contributed by atoms with van der Waals surface area (Å²) < 4.78 is 5.30. The van der Waals surface area contributed by atoms with Gasteiger partial charge in [-0.2, -0.15) is 0 Å². The Morgan fingerprint density at radius 1 is 1.38 bits per heavy atom. The lowest BCUT2D eigenvalue weighted by atomic mass is 10.1. The van der Waals surface area contributed by atoms with Crippen molar-refractivity contribution in [3.8, 4) is 5.75 Å². The SMILES string of the molecule is CNc1ncc(Cc2ccccc2OC)[nH]1. The van der Waals surface area contributed by atoms with E-state index in [2.05, 4.69) is 21.4 Å². The number of para-hydroxylation sites is 1. The highest BCUT2D eigenvalue weighted by Gasteiger charge is 2.05. The van der Waals surface area contributed by atoms with Gasteiger partial charge in [0.05, 0.1) is 13.3 Å². The zero-order valence-electron chi connectivity index (χ0n) is 9.45. The Balaban J connectivity index is 2.19. The summed E-state index contributed by atoms with van der Waals surface area (Å²) in [5, 5.41) is 2.96. The van der Waals surface area contributed by atoms with Gasteiger partial charge in [0.1, 0.15) is 5.75 Å². The highest BCUT2D eigenvalue weighted by Crippen LogP contribution is 2.20. The maximum atomic E-state index is 5.30. The fourth-order valence-corrected chi connectivity index (χ4v) is 1.63. The van der Waals surface area contributed by atoms with Gasteiger partial charge in [0.25, 0.3) is 0 Å². The molecule has 0 amide bonds. The molecular weight excluding hydrogens is 202 g/mol. The van der Waals surface area contributed by atoms with Crippen molar-refractivity contribution in [1.29, 1.82) is 0 Å². The van der Waals surface area contributed by atoms with Crippen molar-refractivity contribution in [2.75, 3.05) is 19.5 Å². The van der Waals surface area contributed by atoms with Gasteiger partial charge >= 0.3 is 0 Å². The van der Waals surface area contributed by atoms with E-state index in [4.69, 9.17) is 4.74 Å². The Bertz CT molecular complexity index is 465. The first-order valence-corrected chi connectivity index (χ1v) is 5.17. The zero-order chi connectivity index (χ0) is 11.4. The highest BCUT2D eigenvalue weighted by molar-refractivity contribution is 5.37. The summed E-state index contributed by atoms with van der Waals surface area (Å²) in [7, 11) is 3.52. The Morgan fingerprint density at radius 2 is 2.19 bits per heavy atom. The Morgan fingerprint density at radius 3 is 2.88 bits per heavy atom. The third-order valence-corrected chi connectivity index (χ3v) is 2.44. The molecular formula is C12H15N3O. The molecule has 2 aromatic rings. The first-order valence-electron chi connectivity index (χ1n) is 5.17. The number of hydrogen-bond donors (Lipinski definition) is 2. The molecule has 2 rings (SSSR count). The summed E-state index contributed by atoms with van der Waals surface area (Å²) in [5.41, 5.74) is 2.21. The number of methoxy groups -OCH3 is 1. The molecule has 4 nitrogen and oxygen atoms in total. The minimum Gasteiger partial charge on any atom is -0.496 e. The number of hydrogen-bond acceptors (Lipinski definition) is 3. The van der Waals surface area contributed by atoms with Gasteiger partial charge in [-0.1, -0.05) is 18.2 Å². The lowest BCUT2D eigenvalue weighted by molar-refractivity contribution is 0.410. The molecule has 4 heteroatoms. The summed E-state index contributed by atoms with van der Waals surface area (Å²) in [6.45, 7) is 0. The van der Waals surface area contributed by atoms with Crippen molar-refractivity contribution < 1.29 is 4.74 Å². The van der Waals surface area contributed by atoms with E-state index in [1.807, 2.05) is 31.4 Å². The fourth-order valence-electron chi connectivity index (χ4n) is 1.63. The van der Waals surface area contributed by atoms with E-state index in [-0.39, 0.29) is 0 Å². The maximum Gasteiger partial charge on any atom is 0.200 e. The van der Waals surface area contributed by atoms with Crippen LogP contribution in [-0.4, -0.2) is 24.1 Å². The molecule has 0 atom stereocenters. The van der Waals surface area contributed by atoms with E-state index in [1.54, 1.807) is 7.11 Å². The number of H-pyrrole nitrogens is 1. The highest BCUT2D eigenvalue weighted by atomic mass is 16.5. The molecule has 1 aromatic carbocycles. The Hall–Kier alpha value is -1.97. The Kier molecular flexibility index (Phi) is 3.10. The van der Waals surface area contributed by atoms with Crippen molar-refractivity contribution >= 4 is 5.95 Å². The van der Waals surface area contributed by atoms with Crippen molar-refractivity contribution in [3.63, 3.8) is 0 Å². The molecule has 0 saturated heterocycles. The van der Waals surface area contributed by atoms with Crippen LogP contribution >= 0.6 is 0 Å². The second-order valence-corrected chi connectivity index (χ2v) is 3.50. The van der Waals surface area contributed by atoms with Crippen LogP contribution in [0.5, 0.6) is 5.75 Å². The predicted octanol–water partition coefficient (Wildman–Crippen LogP) is 2.05. The first kappa shape index (κ1) is 10.5. The predicted molar refractivity (Wildman–Crippen MR) is 63.9 cm³/mol. The molecule has 16 heavy (non-hydrogen) atoms. The lowest BCUT2D eigenvalue weighted by Crippen LogP contribution is -1.94. The summed E-state index contributed by atoms with van der Waals surface area (Å²) in [6.07, 6.45) is 2.62. The van der Waals surface area contributed by atoms with Gasteiger partial charge in [0.15, 0.2) is 5.95 Å². The molecule has 0 aliphatic heterocycles. The number of aromatic amines is 1. The number of nitrogens with one attached hydrogen (secondary N) is 2. The van der Waals surface area contributed by atoms with Crippen LogP contribution in [0.25, 0.3) is 0 Å². The molecule has 0 unspecified atom stereocenters. The van der Waals surface area contributed by atoms with Crippen molar-refractivity contribution in [3.05, 3.63) is 41.7 Å². The van der Waals surface area contributed by atoms with E-state index >= 15 is 0 Å². The summed E-state index contributed by atoms with van der Waals surface area (Å²) in [6, 6.07) is 7.99. The van der Waals surface area contributed by atoms with E-state index in [0.717, 1.165) is 29.4 Å². The monoisotopic (exact) mass is 217 g/mol. The molecule has 0 spiro atoms. The Labute approximate surface area is 94.7 Å². The third kappa shape index (κ3) is 2.16. The van der Waals surface area contributed by atoms with Gasteiger partial charge in [-0.15, -0.1) is 0 Å². The molecule has 84 valence electrons. The van der Waals surface area contributed by atoms with Crippen LogP contribution < -0.4 is 10.1 Å². The van der Waals surface area contributed by atoms with Gasteiger partial charge in [-0.3, -0.25) is 0 Å². The number of aromatic nitrogens is 2. The van der Waals surface area contributed by atoms with Crippen molar-refractivity contribution in [1.82, 2.24) is 9.97 Å². The van der Waals surface area contributed by atoms with E-state index in [1.165, 1.54) is 0 Å². The average Bonchev–Trinajstić information content (AvgIpc) is 2.77. The van der Waals surface area contributed by atoms with Crippen LogP contribution in [0, 0.1) is 0 Å². The molecule has 1 aromatic heterocycles. The van der Waals surface area contributed by atoms with Crippen LogP contribution in [-0.2, 0) is 6.42 Å². The molecule has 0 fully saturated rings. The number of benzene rings is 1. The molecule has 0 bridgehead atoms. The third-order valence-electron chi connectivity index (χ3n) is 2.44. The van der Waals surface area contributed by atoms with Gasteiger partial charge in [-0.25, -0.2) is 4.98 Å². The zero-order valence-corrected chi connectivity index (χ0v) is 9.45. The number of nitrogens with zero attached hydrogens (tertiary/aromatic N) is 1. The van der Waals surface area contributed by atoms with Crippen LogP contribution in [0.15, 0.2) is 30.5 Å². The molecule has 0 aliphatic carbocycles. The fraction of sp³-hybridized carbons (Fsp3) is 0.250. The standard InChI is InChI=1S/C12H15N3O/c1-13-12-14-8-10(15-12)7-9-5-3-4-6-11(9)16-2/h3-6,8H,7H2,1-2H3,(H2,13,14,15). The van der Waals surface area contributed by atoms with E-state index in [0.29, 0.717) is 0 Å². The maximum absolute atomic E-state index is 5.30. The van der Waals surface area contributed by atoms with Gasteiger partial charge in [-0.05, 0) is 6.07 Å².